The van der Waals surface area contributed by atoms with Gasteiger partial charge in [0.05, 0.1) is 19.8 Å². The standard InChI is InChI=1S/C22H38N4O2/c1-19(17-28-18-21-7-5-4-6-8-21)15-24-22(23-2)25-16-20-9-11-26(12-10-20)13-14-27-3/h4-8,19-20H,9-18H2,1-3H3,(H2,23,24,25). The Hall–Kier alpha value is -1.63. The van der Waals surface area contributed by atoms with Crippen LogP contribution in [0.1, 0.15) is 25.3 Å². The Labute approximate surface area is 170 Å². The lowest BCUT2D eigenvalue weighted by Crippen LogP contribution is -2.44. The molecule has 1 fully saturated rings. The van der Waals surface area contributed by atoms with Gasteiger partial charge in [0.2, 0.25) is 0 Å². The fraction of sp³-hybridized carbons (Fsp3) is 0.682. The predicted octanol–water partition coefficient (Wildman–Crippen LogP) is 2.36. The minimum atomic E-state index is 0.422. The summed E-state index contributed by atoms with van der Waals surface area (Å²) in [5, 5.41) is 6.92. The molecule has 1 aliphatic heterocycles. The van der Waals surface area contributed by atoms with E-state index in [1.54, 1.807) is 7.11 Å². The van der Waals surface area contributed by atoms with Crippen LogP contribution in [-0.4, -0.2) is 71.0 Å². The molecule has 0 aliphatic carbocycles. The van der Waals surface area contributed by atoms with Crippen molar-refractivity contribution in [1.82, 2.24) is 15.5 Å². The van der Waals surface area contributed by atoms with E-state index in [2.05, 4.69) is 39.6 Å². The molecule has 28 heavy (non-hydrogen) atoms. The summed E-state index contributed by atoms with van der Waals surface area (Å²) >= 11 is 0. The van der Waals surface area contributed by atoms with Gasteiger partial charge in [-0.2, -0.15) is 0 Å². The molecule has 1 atom stereocenters. The van der Waals surface area contributed by atoms with Gasteiger partial charge in [0, 0.05) is 33.8 Å². The summed E-state index contributed by atoms with van der Waals surface area (Å²) in [5.74, 6) is 2.02. The van der Waals surface area contributed by atoms with Crippen molar-refractivity contribution in [2.75, 3.05) is 60.1 Å². The van der Waals surface area contributed by atoms with Crippen molar-refractivity contribution in [3.63, 3.8) is 0 Å². The Balaban J connectivity index is 1.56. The lowest BCUT2D eigenvalue weighted by atomic mass is 9.97. The minimum Gasteiger partial charge on any atom is -0.383 e. The van der Waals surface area contributed by atoms with Gasteiger partial charge < -0.3 is 25.0 Å². The number of ether oxygens (including phenoxy) is 2. The van der Waals surface area contributed by atoms with Crippen LogP contribution in [0.4, 0.5) is 0 Å². The number of piperidine rings is 1. The van der Waals surface area contributed by atoms with Crippen LogP contribution < -0.4 is 10.6 Å². The third kappa shape index (κ3) is 9.04. The number of hydrogen-bond acceptors (Lipinski definition) is 4. The van der Waals surface area contributed by atoms with Crippen molar-refractivity contribution in [3.05, 3.63) is 35.9 Å². The van der Waals surface area contributed by atoms with E-state index in [0.717, 1.165) is 51.9 Å². The molecule has 2 N–H and O–H groups in total. The van der Waals surface area contributed by atoms with Crippen molar-refractivity contribution in [3.8, 4) is 0 Å². The molecule has 0 saturated carbocycles. The van der Waals surface area contributed by atoms with E-state index in [9.17, 15) is 0 Å². The molecule has 0 aromatic heterocycles. The number of aliphatic imine (C=N–C) groups is 1. The largest absolute Gasteiger partial charge is 0.383 e. The second-order valence-corrected chi connectivity index (χ2v) is 7.72. The monoisotopic (exact) mass is 390 g/mol. The van der Waals surface area contributed by atoms with Gasteiger partial charge in [-0.25, -0.2) is 0 Å². The first-order valence-corrected chi connectivity index (χ1v) is 10.5. The normalized spacial score (nSPS) is 17.5. The lowest BCUT2D eigenvalue weighted by molar-refractivity contribution is 0.0931. The summed E-state index contributed by atoms with van der Waals surface area (Å²) in [7, 11) is 3.60. The molecule has 1 aliphatic rings. The van der Waals surface area contributed by atoms with Crippen molar-refractivity contribution in [1.29, 1.82) is 0 Å². The molecule has 6 heteroatoms. The van der Waals surface area contributed by atoms with E-state index >= 15 is 0 Å². The summed E-state index contributed by atoms with van der Waals surface area (Å²) in [4.78, 5) is 6.84. The van der Waals surface area contributed by atoms with Crippen molar-refractivity contribution in [2.45, 2.75) is 26.4 Å². The highest BCUT2D eigenvalue weighted by atomic mass is 16.5. The number of rotatable bonds is 11. The number of nitrogens with one attached hydrogen (secondary N) is 2. The number of likely N-dealkylation sites (tertiary alicyclic amines) is 1. The Bertz CT molecular complexity index is 545. The van der Waals surface area contributed by atoms with Gasteiger partial charge in [-0.1, -0.05) is 37.3 Å². The topological polar surface area (TPSA) is 58.1 Å². The van der Waals surface area contributed by atoms with Gasteiger partial charge in [-0.15, -0.1) is 0 Å². The molecular weight excluding hydrogens is 352 g/mol. The second-order valence-electron chi connectivity index (χ2n) is 7.72. The number of nitrogens with zero attached hydrogens (tertiary/aromatic N) is 2. The van der Waals surface area contributed by atoms with Gasteiger partial charge in [0.25, 0.3) is 0 Å². The van der Waals surface area contributed by atoms with Gasteiger partial charge in [0.1, 0.15) is 0 Å². The average molecular weight is 391 g/mol. The molecule has 1 saturated heterocycles. The number of hydrogen-bond donors (Lipinski definition) is 2. The van der Waals surface area contributed by atoms with Crippen LogP contribution in [-0.2, 0) is 16.1 Å². The van der Waals surface area contributed by atoms with Gasteiger partial charge in [-0.3, -0.25) is 4.99 Å². The fourth-order valence-electron chi connectivity index (χ4n) is 3.38. The summed E-state index contributed by atoms with van der Waals surface area (Å²) in [5.41, 5.74) is 1.22. The highest BCUT2D eigenvalue weighted by Crippen LogP contribution is 2.15. The molecule has 0 spiro atoms. The van der Waals surface area contributed by atoms with Gasteiger partial charge in [-0.05, 0) is 43.3 Å². The molecule has 158 valence electrons. The van der Waals surface area contributed by atoms with Crippen molar-refractivity contribution in [2.24, 2.45) is 16.8 Å². The van der Waals surface area contributed by atoms with Gasteiger partial charge in [0.15, 0.2) is 5.96 Å². The van der Waals surface area contributed by atoms with Crippen LogP contribution in [0.25, 0.3) is 0 Å². The summed E-state index contributed by atoms with van der Waals surface area (Å²) < 4.78 is 11.0. The first-order chi connectivity index (χ1) is 13.7. The number of methoxy groups -OCH3 is 1. The Kier molecular flexibility index (Phi) is 10.9. The van der Waals surface area contributed by atoms with E-state index in [1.165, 1.54) is 18.4 Å². The van der Waals surface area contributed by atoms with E-state index in [-0.39, 0.29) is 0 Å². The van der Waals surface area contributed by atoms with Crippen molar-refractivity contribution < 1.29 is 9.47 Å². The first-order valence-electron chi connectivity index (χ1n) is 10.5. The maximum absolute atomic E-state index is 5.83. The van der Waals surface area contributed by atoms with E-state index < -0.39 is 0 Å². The Morgan fingerprint density at radius 3 is 2.64 bits per heavy atom. The average Bonchev–Trinajstić information content (AvgIpc) is 2.74. The maximum Gasteiger partial charge on any atom is 0.190 e. The molecular formula is C22H38N4O2. The first kappa shape index (κ1) is 22.7. The molecule has 0 amide bonds. The van der Waals surface area contributed by atoms with E-state index in [4.69, 9.17) is 9.47 Å². The second kappa shape index (κ2) is 13.5. The van der Waals surface area contributed by atoms with Crippen LogP contribution in [0.5, 0.6) is 0 Å². The van der Waals surface area contributed by atoms with Crippen LogP contribution in [0.2, 0.25) is 0 Å². The van der Waals surface area contributed by atoms with Crippen LogP contribution in [0.15, 0.2) is 35.3 Å². The van der Waals surface area contributed by atoms with Crippen LogP contribution in [0.3, 0.4) is 0 Å². The molecule has 6 nitrogen and oxygen atoms in total. The SMILES string of the molecule is CN=C(NCC(C)COCc1ccccc1)NCC1CCN(CCOC)CC1. The minimum absolute atomic E-state index is 0.422. The quantitative estimate of drug-likeness (QED) is 0.449. The van der Waals surface area contributed by atoms with Crippen LogP contribution in [0, 0.1) is 11.8 Å². The Morgan fingerprint density at radius 1 is 1.21 bits per heavy atom. The third-order valence-corrected chi connectivity index (χ3v) is 5.23. The maximum atomic E-state index is 5.83. The molecule has 2 rings (SSSR count). The number of guanidine groups is 1. The molecule has 1 aromatic carbocycles. The Morgan fingerprint density at radius 2 is 1.96 bits per heavy atom. The van der Waals surface area contributed by atoms with E-state index in [1.807, 2.05) is 25.2 Å². The van der Waals surface area contributed by atoms with Gasteiger partial charge >= 0.3 is 0 Å². The number of benzene rings is 1. The summed E-state index contributed by atoms with van der Waals surface area (Å²) in [6.07, 6.45) is 2.47. The van der Waals surface area contributed by atoms with E-state index in [0.29, 0.717) is 18.4 Å². The van der Waals surface area contributed by atoms with Crippen LogP contribution >= 0.6 is 0 Å². The highest BCUT2D eigenvalue weighted by Gasteiger charge is 2.19. The zero-order valence-electron chi connectivity index (χ0n) is 17.8. The summed E-state index contributed by atoms with van der Waals surface area (Å²) in [6.45, 7) is 9.63. The smallest absolute Gasteiger partial charge is 0.190 e. The highest BCUT2D eigenvalue weighted by molar-refractivity contribution is 5.79. The van der Waals surface area contributed by atoms with Crippen molar-refractivity contribution >= 4 is 5.96 Å². The molecule has 1 unspecified atom stereocenters. The zero-order valence-corrected chi connectivity index (χ0v) is 17.8. The molecule has 1 aromatic rings. The zero-order chi connectivity index (χ0) is 20.0. The lowest BCUT2D eigenvalue weighted by Gasteiger charge is -2.32. The fourth-order valence-corrected chi connectivity index (χ4v) is 3.38. The molecule has 0 radical (unpaired) electrons. The summed E-state index contributed by atoms with van der Waals surface area (Å²) in [6, 6.07) is 10.3. The predicted molar refractivity (Wildman–Crippen MR) is 116 cm³/mol. The molecule has 1 heterocycles. The third-order valence-electron chi connectivity index (χ3n) is 5.23. The molecule has 0 bridgehead atoms.